The molecule has 3 heterocycles. The van der Waals surface area contributed by atoms with Gasteiger partial charge in [-0.15, -0.1) is 0 Å². The van der Waals surface area contributed by atoms with Crippen molar-refractivity contribution in [2.24, 2.45) is 0 Å². The van der Waals surface area contributed by atoms with Crippen molar-refractivity contribution in [1.82, 2.24) is 20.2 Å². The number of benzene rings is 2. The van der Waals surface area contributed by atoms with Crippen LogP contribution in [-0.4, -0.2) is 73.4 Å². The summed E-state index contributed by atoms with van der Waals surface area (Å²) in [6.45, 7) is 5.61. The summed E-state index contributed by atoms with van der Waals surface area (Å²) in [6.07, 6.45) is 2.54. The second-order valence-electron chi connectivity index (χ2n) is 9.72. The molecule has 1 saturated heterocycles. The minimum atomic E-state index is -0.628. The molecule has 2 aromatic carbocycles. The van der Waals surface area contributed by atoms with Crippen molar-refractivity contribution in [3.8, 4) is 11.3 Å². The summed E-state index contributed by atoms with van der Waals surface area (Å²) in [5.74, 6) is -1.07. The Morgan fingerprint density at radius 1 is 0.925 bits per heavy atom. The Hall–Kier alpha value is -3.51. The third-order valence-corrected chi connectivity index (χ3v) is 6.83. The van der Waals surface area contributed by atoms with Crippen LogP contribution in [0.4, 0.5) is 20.4 Å². The number of morpholine rings is 1. The summed E-state index contributed by atoms with van der Waals surface area (Å²) in [5.41, 5.74) is 2.63. The van der Waals surface area contributed by atoms with Crippen LogP contribution in [0, 0.1) is 11.6 Å². The molecule has 0 atom stereocenters. The maximum absolute atomic E-state index is 14.7. The van der Waals surface area contributed by atoms with Crippen LogP contribution in [0.25, 0.3) is 11.3 Å². The smallest absolute Gasteiger partial charge is 0.251 e. The Balaban J connectivity index is 1.37. The normalized spacial score (nSPS) is 16.9. The van der Waals surface area contributed by atoms with Gasteiger partial charge in [0, 0.05) is 61.8 Å². The number of amides is 1. The molecule has 2 aliphatic heterocycles. The fourth-order valence-electron chi connectivity index (χ4n) is 4.62. The maximum atomic E-state index is 14.7. The van der Waals surface area contributed by atoms with Gasteiger partial charge in [0.1, 0.15) is 11.5 Å². The SMILES string of the molecule is O=C(NCCN1CCOCC1)c1ccc2cc1COCCCCOCc1cc(ccc1F)-c1nc(ncc1F)N2. The first-order chi connectivity index (χ1) is 19.6. The van der Waals surface area contributed by atoms with Gasteiger partial charge in [-0.3, -0.25) is 9.69 Å². The minimum absolute atomic E-state index is 0.0414. The molecule has 9 nitrogen and oxygen atoms in total. The lowest BCUT2D eigenvalue weighted by atomic mass is 10.1. The van der Waals surface area contributed by atoms with Gasteiger partial charge in [-0.1, -0.05) is 0 Å². The van der Waals surface area contributed by atoms with Gasteiger partial charge in [-0.2, -0.15) is 0 Å². The molecule has 2 aliphatic rings. The van der Waals surface area contributed by atoms with E-state index < -0.39 is 11.6 Å². The molecule has 0 radical (unpaired) electrons. The summed E-state index contributed by atoms with van der Waals surface area (Å²) in [7, 11) is 0. The first kappa shape index (κ1) is 28.0. The van der Waals surface area contributed by atoms with E-state index in [0.717, 1.165) is 38.7 Å². The Bertz CT molecular complexity index is 1320. The maximum Gasteiger partial charge on any atom is 0.251 e. The molecule has 2 N–H and O–H groups in total. The monoisotopic (exact) mass is 553 g/mol. The van der Waals surface area contributed by atoms with Crippen LogP contribution in [0.3, 0.4) is 0 Å². The second-order valence-corrected chi connectivity index (χ2v) is 9.72. The van der Waals surface area contributed by atoms with Crippen LogP contribution in [0.5, 0.6) is 0 Å². The predicted molar refractivity (Wildman–Crippen MR) is 145 cm³/mol. The van der Waals surface area contributed by atoms with Crippen molar-refractivity contribution in [3.05, 3.63) is 70.9 Å². The van der Waals surface area contributed by atoms with Crippen LogP contribution < -0.4 is 10.6 Å². The number of halogens is 2. The summed E-state index contributed by atoms with van der Waals surface area (Å²) in [6, 6.07) is 9.60. The van der Waals surface area contributed by atoms with E-state index in [1.165, 1.54) is 12.1 Å². The molecule has 212 valence electrons. The topological polar surface area (TPSA) is 97.8 Å². The molecule has 5 rings (SSSR count). The molecule has 0 aliphatic carbocycles. The molecule has 11 heteroatoms. The number of nitrogens with zero attached hydrogens (tertiary/aromatic N) is 3. The molecule has 40 heavy (non-hydrogen) atoms. The predicted octanol–water partition coefficient (Wildman–Crippen LogP) is 4.05. The van der Waals surface area contributed by atoms with Crippen LogP contribution in [-0.2, 0) is 27.4 Å². The highest BCUT2D eigenvalue weighted by atomic mass is 19.1. The van der Waals surface area contributed by atoms with Crippen LogP contribution in [0.1, 0.15) is 34.3 Å². The van der Waals surface area contributed by atoms with Crippen molar-refractivity contribution < 1.29 is 27.8 Å². The van der Waals surface area contributed by atoms with Crippen LogP contribution in [0.15, 0.2) is 42.6 Å². The van der Waals surface area contributed by atoms with E-state index in [1.54, 1.807) is 18.2 Å². The fourth-order valence-corrected chi connectivity index (χ4v) is 4.62. The van der Waals surface area contributed by atoms with Gasteiger partial charge in [0.05, 0.1) is 32.6 Å². The van der Waals surface area contributed by atoms with Gasteiger partial charge in [-0.05, 0) is 54.8 Å². The highest BCUT2D eigenvalue weighted by Crippen LogP contribution is 2.26. The Labute approximate surface area is 231 Å². The highest BCUT2D eigenvalue weighted by Gasteiger charge is 2.17. The number of carbonyl (C=O) groups is 1. The largest absolute Gasteiger partial charge is 0.379 e. The van der Waals surface area contributed by atoms with E-state index in [2.05, 4.69) is 25.5 Å². The third-order valence-electron chi connectivity index (χ3n) is 6.83. The number of hydrogen-bond donors (Lipinski definition) is 2. The summed E-state index contributed by atoms with van der Waals surface area (Å²) in [4.78, 5) is 23.8. The number of anilines is 2. The summed E-state index contributed by atoms with van der Waals surface area (Å²) < 4.78 is 46.0. The number of ether oxygens (including phenoxy) is 3. The van der Waals surface area contributed by atoms with E-state index in [4.69, 9.17) is 14.2 Å². The average molecular weight is 554 g/mol. The van der Waals surface area contributed by atoms with Gasteiger partial charge < -0.3 is 24.8 Å². The van der Waals surface area contributed by atoms with E-state index in [9.17, 15) is 13.6 Å². The van der Waals surface area contributed by atoms with Crippen molar-refractivity contribution >= 4 is 17.5 Å². The molecular weight excluding hydrogens is 520 g/mol. The zero-order valence-corrected chi connectivity index (χ0v) is 22.3. The highest BCUT2D eigenvalue weighted by molar-refractivity contribution is 5.96. The number of nitrogens with one attached hydrogen (secondary N) is 2. The Morgan fingerprint density at radius 2 is 1.70 bits per heavy atom. The van der Waals surface area contributed by atoms with E-state index in [0.29, 0.717) is 60.9 Å². The first-order valence-electron chi connectivity index (χ1n) is 13.5. The number of rotatable bonds is 4. The zero-order valence-electron chi connectivity index (χ0n) is 22.3. The van der Waals surface area contributed by atoms with Gasteiger partial charge >= 0.3 is 0 Å². The number of hydrogen-bond acceptors (Lipinski definition) is 8. The van der Waals surface area contributed by atoms with Gasteiger partial charge in [0.25, 0.3) is 5.91 Å². The van der Waals surface area contributed by atoms with Gasteiger partial charge in [0.15, 0.2) is 5.82 Å². The quantitative estimate of drug-likeness (QED) is 0.500. The number of carbonyl (C=O) groups excluding carboxylic acids is 1. The molecule has 6 bridgehead atoms. The Morgan fingerprint density at radius 3 is 2.50 bits per heavy atom. The average Bonchev–Trinajstić information content (AvgIpc) is 2.96. The second kappa shape index (κ2) is 13.7. The van der Waals surface area contributed by atoms with Crippen LogP contribution >= 0.6 is 0 Å². The summed E-state index contributed by atoms with van der Waals surface area (Å²) in [5, 5.41) is 6.10. The molecule has 0 unspecified atom stereocenters. The first-order valence-corrected chi connectivity index (χ1v) is 13.5. The fraction of sp³-hybridized carbons (Fsp3) is 0.414. The van der Waals surface area contributed by atoms with Gasteiger partial charge in [-0.25, -0.2) is 18.7 Å². The molecule has 1 aromatic heterocycles. The third kappa shape index (κ3) is 7.36. The van der Waals surface area contributed by atoms with E-state index >= 15 is 0 Å². The van der Waals surface area contributed by atoms with Crippen molar-refractivity contribution in [3.63, 3.8) is 0 Å². The van der Waals surface area contributed by atoms with E-state index in [1.807, 2.05) is 6.07 Å². The zero-order chi connectivity index (χ0) is 27.7. The van der Waals surface area contributed by atoms with E-state index in [-0.39, 0.29) is 30.8 Å². The molecule has 0 spiro atoms. The molecule has 1 fully saturated rings. The van der Waals surface area contributed by atoms with Crippen molar-refractivity contribution in [1.29, 1.82) is 0 Å². The number of fused-ring (bicyclic) bond motifs is 7. The van der Waals surface area contributed by atoms with Crippen molar-refractivity contribution in [2.75, 3.05) is 57.9 Å². The lowest BCUT2D eigenvalue weighted by molar-refractivity contribution is 0.0383. The van der Waals surface area contributed by atoms with Crippen molar-refractivity contribution in [2.45, 2.75) is 26.1 Å². The molecular formula is C29H33F2N5O4. The van der Waals surface area contributed by atoms with Gasteiger partial charge in [0.2, 0.25) is 5.95 Å². The Kier molecular flexibility index (Phi) is 9.61. The molecule has 3 aromatic rings. The lowest BCUT2D eigenvalue weighted by Gasteiger charge is -2.26. The molecule has 1 amide bonds. The minimum Gasteiger partial charge on any atom is -0.379 e. The number of aromatic nitrogens is 2. The van der Waals surface area contributed by atoms with Crippen LogP contribution in [0.2, 0.25) is 0 Å². The summed E-state index contributed by atoms with van der Waals surface area (Å²) >= 11 is 0. The lowest BCUT2D eigenvalue weighted by Crippen LogP contribution is -2.41. The standard InChI is InChI=1S/C29H33F2N5O4/c30-25-6-3-20-15-22(25)19-40-12-2-1-11-39-18-21-16-23(34-29-33-17-26(31)27(20)35-29)4-5-24(21)28(37)32-7-8-36-9-13-38-14-10-36/h3-6,15-17H,1-2,7-14,18-19H2,(H,32,37)(H,33,34,35). The molecule has 0 saturated carbocycles.